The molecule has 0 bridgehead atoms. The minimum Gasteiger partial charge on any atom is -0.497 e. The smallest absolute Gasteiger partial charge is 0.269 e. The number of nitrogens with zero attached hydrogens (tertiary/aromatic N) is 2. The molecule has 7 heteroatoms. The number of methoxy groups -OCH3 is 1. The number of rotatable bonds is 5. The molecule has 6 nitrogen and oxygen atoms in total. The Bertz CT molecular complexity index is 1730. The average molecular weight is 559 g/mol. The fraction of sp³-hybridized carbons (Fsp3) is 0.233. The van der Waals surface area contributed by atoms with Crippen LogP contribution in [0.3, 0.4) is 0 Å². The molecule has 0 fully saturated rings. The van der Waals surface area contributed by atoms with Crippen LogP contribution in [0.25, 0.3) is 33.5 Å². The van der Waals surface area contributed by atoms with Gasteiger partial charge in [-0.2, -0.15) is 4.98 Å². The summed E-state index contributed by atoms with van der Waals surface area (Å²) >= 11 is 3.40. The lowest BCUT2D eigenvalue weighted by Gasteiger charge is -2.19. The summed E-state index contributed by atoms with van der Waals surface area (Å²) in [6.45, 7) is 6.80. The molecule has 37 heavy (non-hydrogen) atoms. The van der Waals surface area contributed by atoms with Crippen LogP contribution in [0.2, 0.25) is 0 Å². The van der Waals surface area contributed by atoms with Gasteiger partial charge in [0.2, 0.25) is 11.1 Å². The van der Waals surface area contributed by atoms with Gasteiger partial charge in [0.25, 0.3) is 5.56 Å². The summed E-state index contributed by atoms with van der Waals surface area (Å²) in [5.74, 6) is 1.23. The first-order chi connectivity index (χ1) is 17.7. The maximum Gasteiger partial charge on any atom is 0.269 e. The van der Waals surface area contributed by atoms with Gasteiger partial charge >= 0.3 is 0 Å². The summed E-state index contributed by atoms with van der Waals surface area (Å²) < 4.78 is 13.6. The van der Waals surface area contributed by atoms with Gasteiger partial charge < -0.3 is 9.15 Å². The first-order valence-corrected chi connectivity index (χ1v) is 12.9. The fourth-order valence-corrected chi connectivity index (χ4v) is 4.75. The van der Waals surface area contributed by atoms with Crippen molar-refractivity contribution in [2.75, 3.05) is 7.11 Å². The monoisotopic (exact) mass is 558 g/mol. The normalized spacial score (nSPS) is 11.8. The molecule has 0 saturated carbocycles. The lowest BCUT2D eigenvalue weighted by atomic mass is 9.86. The highest BCUT2D eigenvalue weighted by molar-refractivity contribution is 9.10. The Hall–Kier alpha value is -3.71. The number of hydrogen-bond acceptors (Lipinski definition) is 5. The van der Waals surface area contributed by atoms with Gasteiger partial charge in [-0.05, 0) is 53.3 Å². The molecule has 0 saturated heterocycles. The van der Waals surface area contributed by atoms with Crippen LogP contribution in [0.1, 0.15) is 31.9 Å². The second kappa shape index (κ2) is 9.63. The second-order valence-corrected chi connectivity index (χ2v) is 11.0. The van der Waals surface area contributed by atoms with E-state index in [9.17, 15) is 9.59 Å². The van der Waals surface area contributed by atoms with Crippen molar-refractivity contribution in [3.8, 4) is 17.1 Å². The molecule has 5 rings (SSSR count). The zero-order valence-electron chi connectivity index (χ0n) is 21.2. The molecule has 0 amide bonds. The summed E-state index contributed by atoms with van der Waals surface area (Å²) in [6, 6.07) is 20.9. The number of fused-ring (bicyclic) bond motifs is 2. The summed E-state index contributed by atoms with van der Waals surface area (Å²) in [5, 5.41) is 0.292. The van der Waals surface area contributed by atoms with Gasteiger partial charge in [0.1, 0.15) is 17.2 Å². The number of aromatic nitrogens is 2. The molecule has 5 aromatic rings. The molecular weight excluding hydrogens is 532 g/mol. The zero-order valence-corrected chi connectivity index (χ0v) is 22.8. The predicted octanol–water partition coefficient (Wildman–Crippen LogP) is 6.48. The Labute approximate surface area is 222 Å². The first-order valence-electron chi connectivity index (χ1n) is 12.1. The molecule has 0 spiro atoms. The highest BCUT2D eigenvalue weighted by Gasteiger charge is 2.20. The highest BCUT2D eigenvalue weighted by Crippen LogP contribution is 2.27. The number of benzene rings is 3. The van der Waals surface area contributed by atoms with Crippen LogP contribution in [0.4, 0.5) is 0 Å². The van der Waals surface area contributed by atoms with Crippen molar-refractivity contribution in [1.82, 2.24) is 9.55 Å². The molecule has 0 aliphatic carbocycles. The van der Waals surface area contributed by atoms with Gasteiger partial charge in [0.15, 0.2) is 5.39 Å². The Kier molecular flexibility index (Phi) is 6.50. The Morgan fingerprint density at radius 1 is 0.973 bits per heavy atom. The minimum absolute atomic E-state index is 0.0106. The lowest BCUT2D eigenvalue weighted by molar-refractivity contribution is 0.414. The second-order valence-electron chi connectivity index (χ2n) is 10.1. The molecule has 0 atom stereocenters. The van der Waals surface area contributed by atoms with Crippen molar-refractivity contribution in [2.45, 2.75) is 39.2 Å². The molecular formula is C30H27BrN2O4. The molecule has 2 heterocycles. The average Bonchev–Trinajstić information content (AvgIpc) is 2.88. The van der Waals surface area contributed by atoms with Crippen molar-refractivity contribution >= 4 is 38.0 Å². The largest absolute Gasteiger partial charge is 0.497 e. The highest BCUT2D eigenvalue weighted by atomic mass is 79.9. The van der Waals surface area contributed by atoms with Gasteiger partial charge in [0, 0.05) is 16.6 Å². The maximum absolute atomic E-state index is 13.9. The molecule has 2 aromatic heterocycles. The van der Waals surface area contributed by atoms with Gasteiger partial charge in [-0.25, -0.2) is 0 Å². The molecule has 3 aromatic carbocycles. The third kappa shape index (κ3) is 4.83. The van der Waals surface area contributed by atoms with Crippen molar-refractivity contribution in [3.63, 3.8) is 0 Å². The standard InChI is InChI=1S/C30H27BrN2O4/c1-30(2,3)20-9-7-19(8-10-20)27-32-28-25(26(34)23-17-21(31)11-14-24(23)37-28)29(35)33(27)16-15-18-5-12-22(36-4)13-6-18/h5-14,17H,15-16H2,1-4H3. The van der Waals surface area contributed by atoms with E-state index in [-0.39, 0.29) is 21.9 Å². The van der Waals surface area contributed by atoms with Crippen LogP contribution in [0, 0.1) is 0 Å². The Morgan fingerprint density at radius 3 is 2.32 bits per heavy atom. The van der Waals surface area contributed by atoms with Gasteiger partial charge in [-0.15, -0.1) is 0 Å². The van der Waals surface area contributed by atoms with Crippen LogP contribution in [-0.2, 0) is 18.4 Å². The number of hydrogen-bond donors (Lipinski definition) is 0. The van der Waals surface area contributed by atoms with Crippen molar-refractivity contribution in [3.05, 3.63) is 103 Å². The molecule has 0 aliphatic rings. The van der Waals surface area contributed by atoms with Crippen LogP contribution >= 0.6 is 15.9 Å². The number of ether oxygens (including phenoxy) is 1. The van der Waals surface area contributed by atoms with E-state index in [1.165, 1.54) is 5.56 Å². The van der Waals surface area contributed by atoms with E-state index in [4.69, 9.17) is 14.1 Å². The Balaban J connectivity index is 1.70. The molecule has 0 unspecified atom stereocenters. The maximum atomic E-state index is 13.9. The first kappa shape index (κ1) is 25.0. The molecule has 0 aliphatic heterocycles. The molecule has 0 radical (unpaired) electrons. The van der Waals surface area contributed by atoms with E-state index in [2.05, 4.69) is 36.7 Å². The van der Waals surface area contributed by atoms with Gasteiger partial charge in [0.05, 0.1) is 12.5 Å². The number of halogens is 1. The van der Waals surface area contributed by atoms with E-state index in [1.54, 1.807) is 29.9 Å². The SMILES string of the molecule is COc1ccc(CCn2c(-c3ccc(C(C)(C)C)cc3)nc3oc4ccc(Br)cc4c(=O)c3c2=O)cc1. The summed E-state index contributed by atoms with van der Waals surface area (Å²) in [5.41, 5.74) is 2.61. The van der Waals surface area contributed by atoms with Crippen LogP contribution in [0.5, 0.6) is 5.75 Å². The third-order valence-electron chi connectivity index (χ3n) is 6.55. The van der Waals surface area contributed by atoms with Crippen molar-refractivity contribution in [2.24, 2.45) is 0 Å². The van der Waals surface area contributed by atoms with Gasteiger partial charge in [-0.3, -0.25) is 14.2 Å². The van der Waals surface area contributed by atoms with Crippen LogP contribution < -0.4 is 15.7 Å². The fourth-order valence-electron chi connectivity index (χ4n) is 4.39. The summed E-state index contributed by atoms with van der Waals surface area (Å²) in [6.07, 6.45) is 0.578. The molecule has 188 valence electrons. The van der Waals surface area contributed by atoms with E-state index in [0.29, 0.717) is 29.8 Å². The van der Waals surface area contributed by atoms with E-state index in [0.717, 1.165) is 21.3 Å². The van der Waals surface area contributed by atoms with Crippen molar-refractivity contribution < 1.29 is 9.15 Å². The lowest BCUT2D eigenvalue weighted by Crippen LogP contribution is -2.28. The predicted molar refractivity (Wildman–Crippen MR) is 151 cm³/mol. The Morgan fingerprint density at radius 2 is 1.68 bits per heavy atom. The van der Waals surface area contributed by atoms with Crippen LogP contribution in [-0.4, -0.2) is 16.7 Å². The number of aryl methyl sites for hydroxylation is 1. The van der Waals surface area contributed by atoms with Crippen LogP contribution in [0.15, 0.2) is 85.2 Å². The molecule has 0 N–H and O–H groups in total. The third-order valence-corrected chi connectivity index (χ3v) is 7.04. The summed E-state index contributed by atoms with van der Waals surface area (Å²) in [7, 11) is 1.63. The van der Waals surface area contributed by atoms with E-state index < -0.39 is 5.56 Å². The topological polar surface area (TPSA) is 74.3 Å². The van der Waals surface area contributed by atoms with Gasteiger partial charge in [-0.1, -0.05) is 73.1 Å². The summed E-state index contributed by atoms with van der Waals surface area (Å²) in [4.78, 5) is 32.0. The van der Waals surface area contributed by atoms with E-state index in [1.807, 2.05) is 48.5 Å². The van der Waals surface area contributed by atoms with E-state index >= 15 is 0 Å². The van der Waals surface area contributed by atoms with Crippen molar-refractivity contribution in [1.29, 1.82) is 0 Å². The minimum atomic E-state index is -0.413. The quantitative estimate of drug-likeness (QED) is 0.231. The zero-order chi connectivity index (χ0) is 26.3.